The fourth-order valence-electron chi connectivity index (χ4n) is 2.38. The minimum absolute atomic E-state index is 0.00306. The first-order valence-corrected chi connectivity index (χ1v) is 6.67. The van der Waals surface area contributed by atoms with Gasteiger partial charge in [0.05, 0.1) is 5.60 Å². The molecule has 1 aliphatic carbocycles. The van der Waals surface area contributed by atoms with Gasteiger partial charge >= 0.3 is 0 Å². The topological polar surface area (TPSA) is 35.2 Å². The summed E-state index contributed by atoms with van der Waals surface area (Å²) in [5.41, 5.74) is 6.25. The Hall–Kier alpha value is 0.137. The molecule has 0 spiro atoms. The third-order valence-corrected chi connectivity index (χ3v) is 4.64. The van der Waals surface area contributed by atoms with E-state index in [0.29, 0.717) is 6.04 Å². The molecular formula is C11H25NOSi. The first-order chi connectivity index (χ1) is 6.55. The number of hydrogen-bond donors (Lipinski definition) is 1. The van der Waals surface area contributed by atoms with Crippen molar-refractivity contribution in [1.82, 2.24) is 0 Å². The molecule has 2 N–H and O–H groups in total. The van der Waals surface area contributed by atoms with Crippen LogP contribution in [0.5, 0.6) is 0 Å². The third kappa shape index (κ3) is 3.71. The van der Waals surface area contributed by atoms with E-state index >= 15 is 0 Å². The zero-order valence-electron chi connectivity index (χ0n) is 9.88. The average molecular weight is 215 g/mol. The van der Waals surface area contributed by atoms with Gasteiger partial charge in [0, 0.05) is 6.04 Å². The summed E-state index contributed by atoms with van der Waals surface area (Å²) in [4.78, 5) is 0. The Kier molecular flexibility index (Phi) is 4.61. The standard InChI is InChI=1S/C11H25NOSi/c1-11(2,13-14)8-10(12)9-6-4-3-5-7-9/h9-10H,3-8,12H2,1-2,14H3. The molecule has 0 aromatic heterocycles. The summed E-state index contributed by atoms with van der Waals surface area (Å²) in [7, 11) is 0.811. The van der Waals surface area contributed by atoms with Crippen molar-refractivity contribution < 1.29 is 4.43 Å². The van der Waals surface area contributed by atoms with E-state index < -0.39 is 0 Å². The largest absolute Gasteiger partial charge is 0.423 e. The predicted molar refractivity (Wildman–Crippen MR) is 64.3 cm³/mol. The normalized spacial score (nSPS) is 22.5. The zero-order chi connectivity index (χ0) is 10.6. The molecule has 0 aliphatic heterocycles. The van der Waals surface area contributed by atoms with E-state index in [4.69, 9.17) is 10.2 Å². The molecule has 0 heterocycles. The van der Waals surface area contributed by atoms with Gasteiger partial charge in [-0.05, 0) is 39.0 Å². The highest BCUT2D eigenvalue weighted by atomic mass is 28.2. The highest BCUT2D eigenvalue weighted by Crippen LogP contribution is 2.29. The van der Waals surface area contributed by atoms with Crippen LogP contribution in [0, 0.1) is 5.92 Å². The smallest absolute Gasteiger partial charge is 0.146 e. The zero-order valence-corrected chi connectivity index (χ0v) is 11.9. The van der Waals surface area contributed by atoms with Crippen molar-refractivity contribution in [2.45, 2.75) is 64.0 Å². The average Bonchev–Trinajstić information content (AvgIpc) is 2.19. The Balaban J connectivity index is 2.36. The minimum Gasteiger partial charge on any atom is -0.423 e. The number of hydrogen-bond acceptors (Lipinski definition) is 2. The van der Waals surface area contributed by atoms with E-state index in [0.717, 1.165) is 22.8 Å². The highest BCUT2D eigenvalue weighted by molar-refractivity contribution is 5.98. The van der Waals surface area contributed by atoms with Crippen molar-refractivity contribution in [3.05, 3.63) is 0 Å². The summed E-state index contributed by atoms with van der Waals surface area (Å²) in [6, 6.07) is 0.347. The number of rotatable bonds is 4. The van der Waals surface area contributed by atoms with Gasteiger partial charge in [0.15, 0.2) is 0 Å². The van der Waals surface area contributed by atoms with E-state index in [1.54, 1.807) is 0 Å². The molecule has 3 heteroatoms. The molecular weight excluding hydrogens is 190 g/mol. The lowest BCUT2D eigenvalue weighted by molar-refractivity contribution is 0.0899. The minimum atomic E-state index is 0.00306. The monoisotopic (exact) mass is 215 g/mol. The van der Waals surface area contributed by atoms with Crippen LogP contribution >= 0.6 is 0 Å². The van der Waals surface area contributed by atoms with Crippen LogP contribution in [0.25, 0.3) is 0 Å². The fraction of sp³-hybridized carbons (Fsp3) is 1.00. The van der Waals surface area contributed by atoms with Crippen LogP contribution in [0.3, 0.4) is 0 Å². The molecule has 84 valence electrons. The summed E-state index contributed by atoms with van der Waals surface area (Å²) >= 11 is 0. The molecule has 0 aromatic carbocycles. The van der Waals surface area contributed by atoms with E-state index in [9.17, 15) is 0 Å². The Bertz CT molecular complexity index is 167. The van der Waals surface area contributed by atoms with Gasteiger partial charge in [0.1, 0.15) is 10.5 Å². The van der Waals surface area contributed by atoms with Crippen LogP contribution in [-0.2, 0) is 4.43 Å². The van der Waals surface area contributed by atoms with Crippen molar-refractivity contribution in [2.75, 3.05) is 0 Å². The number of nitrogens with two attached hydrogens (primary N) is 1. The second-order valence-electron chi connectivity index (χ2n) is 5.23. The SMILES string of the molecule is CC(C)(CC(N)C1CCCCC1)O[SiH3]. The van der Waals surface area contributed by atoms with E-state index in [1.165, 1.54) is 32.1 Å². The van der Waals surface area contributed by atoms with Gasteiger partial charge in [-0.1, -0.05) is 19.3 Å². The molecule has 0 radical (unpaired) electrons. The Morgan fingerprint density at radius 2 is 1.93 bits per heavy atom. The molecule has 14 heavy (non-hydrogen) atoms. The third-order valence-electron chi connectivity index (χ3n) is 3.54. The lowest BCUT2D eigenvalue weighted by Gasteiger charge is -2.33. The summed E-state index contributed by atoms with van der Waals surface area (Å²) in [6.45, 7) is 4.31. The second kappa shape index (κ2) is 5.28. The summed E-state index contributed by atoms with van der Waals surface area (Å²) in [6.07, 6.45) is 7.84. The molecule has 1 unspecified atom stereocenters. The van der Waals surface area contributed by atoms with Crippen molar-refractivity contribution in [1.29, 1.82) is 0 Å². The maximum Gasteiger partial charge on any atom is 0.146 e. The van der Waals surface area contributed by atoms with E-state index in [2.05, 4.69) is 13.8 Å². The van der Waals surface area contributed by atoms with Crippen LogP contribution in [0.15, 0.2) is 0 Å². The van der Waals surface area contributed by atoms with E-state index in [-0.39, 0.29) is 5.60 Å². The lowest BCUT2D eigenvalue weighted by Crippen LogP contribution is -2.39. The maximum atomic E-state index is 6.25. The molecule has 1 fully saturated rings. The van der Waals surface area contributed by atoms with Crippen LogP contribution in [0.4, 0.5) is 0 Å². The first kappa shape index (κ1) is 12.2. The summed E-state index contributed by atoms with van der Waals surface area (Å²) < 4.78 is 5.56. The maximum absolute atomic E-state index is 6.25. The van der Waals surface area contributed by atoms with Crippen molar-refractivity contribution in [2.24, 2.45) is 11.7 Å². The molecule has 2 nitrogen and oxygen atoms in total. The Labute approximate surface area is 91.1 Å². The summed E-state index contributed by atoms with van der Waals surface area (Å²) in [5.74, 6) is 0.750. The highest BCUT2D eigenvalue weighted by Gasteiger charge is 2.26. The van der Waals surface area contributed by atoms with Gasteiger partial charge in [0.2, 0.25) is 0 Å². The van der Waals surface area contributed by atoms with Crippen molar-refractivity contribution >= 4 is 10.5 Å². The van der Waals surface area contributed by atoms with Crippen LogP contribution in [0.1, 0.15) is 52.4 Å². The molecule has 0 bridgehead atoms. The molecule has 1 atom stereocenters. The molecule has 0 aromatic rings. The first-order valence-electron chi connectivity index (χ1n) is 5.86. The van der Waals surface area contributed by atoms with Gasteiger partial charge in [0.25, 0.3) is 0 Å². The molecule has 0 saturated heterocycles. The Morgan fingerprint density at radius 3 is 2.43 bits per heavy atom. The van der Waals surface area contributed by atoms with Crippen LogP contribution < -0.4 is 5.73 Å². The van der Waals surface area contributed by atoms with E-state index in [1.807, 2.05) is 0 Å². The van der Waals surface area contributed by atoms with Crippen molar-refractivity contribution in [3.8, 4) is 0 Å². The molecule has 1 aliphatic rings. The Morgan fingerprint density at radius 1 is 1.36 bits per heavy atom. The second-order valence-corrected chi connectivity index (χ2v) is 5.64. The van der Waals surface area contributed by atoms with Gasteiger partial charge in [-0.3, -0.25) is 0 Å². The van der Waals surface area contributed by atoms with Crippen molar-refractivity contribution in [3.63, 3.8) is 0 Å². The molecule has 0 amide bonds. The van der Waals surface area contributed by atoms with Crippen LogP contribution in [-0.4, -0.2) is 22.1 Å². The molecule has 1 rings (SSSR count). The lowest BCUT2D eigenvalue weighted by atomic mass is 9.80. The van der Waals surface area contributed by atoms with Gasteiger partial charge in [-0.25, -0.2) is 0 Å². The molecule has 1 saturated carbocycles. The van der Waals surface area contributed by atoms with Gasteiger partial charge < -0.3 is 10.2 Å². The summed E-state index contributed by atoms with van der Waals surface area (Å²) in [5, 5.41) is 0. The van der Waals surface area contributed by atoms with Gasteiger partial charge in [-0.15, -0.1) is 0 Å². The quantitative estimate of drug-likeness (QED) is 0.719. The van der Waals surface area contributed by atoms with Gasteiger partial charge in [-0.2, -0.15) is 0 Å². The predicted octanol–water partition coefficient (Wildman–Crippen LogP) is 1.36. The fourth-order valence-corrected chi connectivity index (χ4v) is 2.55. The van der Waals surface area contributed by atoms with Crippen LogP contribution in [0.2, 0.25) is 0 Å².